The Hall–Kier alpha value is -1.56. The number of nitrogens with one attached hydrogen (secondary N) is 1. The lowest BCUT2D eigenvalue weighted by molar-refractivity contribution is 0.157. The lowest BCUT2D eigenvalue weighted by atomic mass is 10.1. The summed E-state index contributed by atoms with van der Waals surface area (Å²) in [5.74, 6) is 0. The zero-order chi connectivity index (χ0) is 14.6. The molecule has 0 aliphatic heterocycles. The zero-order valence-corrected chi connectivity index (χ0v) is 12.4. The molecule has 0 radical (unpaired) electrons. The van der Waals surface area contributed by atoms with E-state index in [1.165, 1.54) is 10.5 Å². The Kier molecular flexibility index (Phi) is 5.35. The third-order valence-corrected chi connectivity index (χ3v) is 3.56. The normalized spacial score (nSPS) is 12.3. The third kappa shape index (κ3) is 3.70. The van der Waals surface area contributed by atoms with E-state index in [4.69, 9.17) is 5.11 Å². The second-order valence-electron chi connectivity index (χ2n) is 4.90. The monoisotopic (exact) mass is 268 g/mol. The van der Waals surface area contributed by atoms with E-state index in [9.17, 15) is 4.79 Å². The van der Waals surface area contributed by atoms with Crippen molar-refractivity contribution in [1.82, 2.24) is 20.0 Å². The number of likely N-dealkylation sites (N-methyl/N-ethyl adjacent to an activating group) is 1. The maximum absolute atomic E-state index is 11.8. The van der Waals surface area contributed by atoms with Crippen LogP contribution in [0.2, 0.25) is 0 Å². The zero-order valence-electron chi connectivity index (χ0n) is 12.4. The maximum atomic E-state index is 11.8. The van der Waals surface area contributed by atoms with Crippen molar-refractivity contribution in [1.29, 1.82) is 0 Å². The molecule has 108 valence electrons. The Labute approximate surface area is 114 Å². The van der Waals surface area contributed by atoms with Gasteiger partial charge in [0.1, 0.15) is 0 Å². The first kappa shape index (κ1) is 15.5. The van der Waals surface area contributed by atoms with Crippen molar-refractivity contribution in [2.45, 2.75) is 33.2 Å². The summed E-state index contributed by atoms with van der Waals surface area (Å²) in [6.07, 6.45) is 0.762. The van der Waals surface area contributed by atoms with Crippen molar-refractivity contribution < 1.29 is 9.90 Å². The Balaban J connectivity index is 2.48. The van der Waals surface area contributed by atoms with Crippen LogP contribution < -0.4 is 5.32 Å². The van der Waals surface area contributed by atoms with Crippen molar-refractivity contribution in [3.63, 3.8) is 0 Å². The predicted octanol–water partition coefficient (Wildman–Crippen LogP) is 0.602. The minimum absolute atomic E-state index is 0.0370. The summed E-state index contributed by atoms with van der Waals surface area (Å²) >= 11 is 0. The average Bonchev–Trinajstić information content (AvgIpc) is 2.62. The minimum atomic E-state index is -0.179. The molecule has 0 saturated heterocycles. The molecule has 1 aromatic rings. The van der Waals surface area contributed by atoms with Crippen LogP contribution in [0.15, 0.2) is 0 Å². The van der Waals surface area contributed by atoms with Crippen molar-refractivity contribution in [3.8, 4) is 0 Å². The fourth-order valence-corrected chi connectivity index (χ4v) is 1.92. The molecule has 1 unspecified atom stereocenters. The number of aliphatic hydroxyl groups is 1. The molecule has 1 atom stereocenters. The number of amides is 2. The van der Waals surface area contributed by atoms with Gasteiger partial charge in [0.05, 0.1) is 18.3 Å². The van der Waals surface area contributed by atoms with Gasteiger partial charge in [0.25, 0.3) is 0 Å². The molecule has 1 aromatic heterocycles. The highest BCUT2D eigenvalue weighted by molar-refractivity contribution is 5.74. The van der Waals surface area contributed by atoms with Crippen LogP contribution in [-0.4, -0.2) is 52.1 Å². The molecule has 0 aliphatic rings. The van der Waals surface area contributed by atoms with E-state index in [0.29, 0.717) is 6.54 Å². The van der Waals surface area contributed by atoms with Crippen molar-refractivity contribution >= 4 is 6.03 Å². The van der Waals surface area contributed by atoms with E-state index in [1.54, 1.807) is 14.0 Å². The highest BCUT2D eigenvalue weighted by atomic mass is 16.3. The number of hydrogen-bond donors (Lipinski definition) is 2. The van der Waals surface area contributed by atoms with E-state index in [-0.39, 0.29) is 18.7 Å². The molecule has 0 fully saturated rings. The van der Waals surface area contributed by atoms with Gasteiger partial charge in [0.15, 0.2) is 0 Å². The van der Waals surface area contributed by atoms with Gasteiger partial charge in [-0.1, -0.05) is 0 Å². The average molecular weight is 268 g/mol. The van der Waals surface area contributed by atoms with Crippen LogP contribution in [0.4, 0.5) is 4.79 Å². The molecule has 19 heavy (non-hydrogen) atoms. The topological polar surface area (TPSA) is 70.4 Å². The molecule has 0 aromatic carbocycles. The molecule has 2 N–H and O–H groups in total. The number of aliphatic hydroxyl groups excluding tert-OH is 1. The van der Waals surface area contributed by atoms with E-state index in [2.05, 4.69) is 10.4 Å². The fourth-order valence-electron chi connectivity index (χ4n) is 1.92. The van der Waals surface area contributed by atoms with Crippen LogP contribution >= 0.6 is 0 Å². The van der Waals surface area contributed by atoms with Gasteiger partial charge in [0.2, 0.25) is 0 Å². The summed E-state index contributed by atoms with van der Waals surface area (Å²) in [7, 11) is 3.60. The molecule has 1 rings (SSSR count). The summed E-state index contributed by atoms with van der Waals surface area (Å²) in [6, 6.07) is -0.345. The lowest BCUT2D eigenvalue weighted by Gasteiger charge is -2.23. The van der Waals surface area contributed by atoms with Crippen LogP contribution in [0.5, 0.6) is 0 Å². The number of nitrogens with zero attached hydrogens (tertiary/aromatic N) is 3. The first-order valence-corrected chi connectivity index (χ1v) is 6.49. The molecular formula is C13H24N4O2. The van der Waals surface area contributed by atoms with Gasteiger partial charge in [-0.3, -0.25) is 4.68 Å². The molecule has 1 heterocycles. The Morgan fingerprint density at radius 3 is 2.63 bits per heavy atom. The molecule has 6 nitrogen and oxygen atoms in total. The molecule has 2 amide bonds. The Morgan fingerprint density at radius 1 is 1.53 bits per heavy atom. The predicted molar refractivity (Wildman–Crippen MR) is 74.1 cm³/mol. The highest BCUT2D eigenvalue weighted by Crippen LogP contribution is 2.11. The smallest absolute Gasteiger partial charge is 0.317 e. The van der Waals surface area contributed by atoms with Crippen molar-refractivity contribution in [3.05, 3.63) is 17.0 Å². The first-order chi connectivity index (χ1) is 8.88. The van der Waals surface area contributed by atoms with Crippen LogP contribution in [0.25, 0.3) is 0 Å². The molecule has 0 aliphatic carbocycles. The van der Waals surface area contributed by atoms with Crippen LogP contribution in [-0.2, 0) is 13.5 Å². The van der Waals surface area contributed by atoms with Gasteiger partial charge in [-0.2, -0.15) is 5.10 Å². The molecule has 0 spiro atoms. The standard InChI is InChI=1S/C13H24N4O2/c1-9(8-18)16(4)13(19)14-7-6-12-10(2)15-17(5)11(12)3/h9,18H,6-8H2,1-5H3,(H,14,19). The minimum Gasteiger partial charge on any atom is -0.394 e. The summed E-state index contributed by atoms with van der Waals surface area (Å²) in [6.45, 7) is 6.33. The molecule has 0 saturated carbocycles. The van der Waals surface area contributed by atoms with Gasteiger partial charge in [-0.15, -0.1) is 0 Å². The molecular weight excluding hydrogens is 244 g/mol. The summed E-state index contributed by atoms with van der Waals surface area (Å²) in [5.41, 5.74) is 3.32. The van der Waals surface area contributed by atoms with E-state index in [0.717, 1.165) is 17.8 Å². The van der Waals surface area contributed by atoms with Gasteiger partial charge < -0.3 is 15.3 Å². The van der Waals surface area contributed by atoms with Gasteiger partial charge in [-0.25, -0.2) is 4.79 Å². The van der Waals surface area contributed by atoms with Gasteiger partial charge >= 0.3 is 6.03 Å². The maximum Gasteiger partial charge on any atom is 0.317 e. The van der Waals surface area contributed by atoms with E-state index < -0.39 is 0 Å². The van der Waals surface area contributed by atoms with Crippen LogP contribution in [0.1, 0.15) is 23.9 Å². The number of carbonyl (C=O) groups is 1. The number of aromatic nitrogens is 2. The van der Waals surface area contributed by atoms with Crippen molar-refractivity contribution in [2.24, 2.45) is 7.05 Å². The summed E-state index contributed by atoms with van der Waals surface area (Å²) < 4.78 is 1.85. The second-order valence-corrected chi connectivity index (χ2v) is 4.90. The number of carbonyl (C=O) groups excluding carboxylic acids is 1. The largest absolute Gasteiger partial charge is 0.394 e. The quantitative estimate of drug-likeness (QED) is 0.821. The van der Waals surface area contributed by atoms with Crippen molar-refractivity contribution in [2.75, 3.05) is 20.2 Å². The fraction of sp³-hybridized carbons (Fsp3) is 0.692. The first-order valence-electron chi connectivity index (χ1n) is 6.49. The Morgan fingerprint density at radius 2 is 2.16 bits per heavy atom. The van der Waals surface area contributed by atoms with E-state index in [1.807, 2.05) is 25.6 Å². The number of urea groups is 1. The SMILES string of the molecule is Cc1nn(C)c(C)c1CCNC(=O)N(C)C(C)CO. The number of rotatable bonds is 5. The molecule has 6 heteroatoms. The van der Waals surface area contributed by atoms with Crippen LogP contribution in [0, 0.1) is 13.8 Å². The highest BCUT2D eigenvalue weighted by Gasteiger charge is 2.15. The second kappa shape index (κ2) is 6.56. The lowest BCUT2D eigenvalue weighted by Crippen LogP contribution is -2.44. The Bertz CT molecular complexity index is 442. The summed E-state index contributed by atoms with van der Waals surface area (Å²) in [5, 5.41) is 16.2. The van der Waals surface area contributed by atoms with Gasteiger partial charge in [0, 0.05) is 26.3 Å². The number of hydrogen-bond acceptors (Lipinski definition) is 3. The van der Waals surface area contributed by atoms with Gasteiger partial charge in [-0.05, 0) is 32.8 Å². The summed E-state index contributed by atoms with van der Waals surface area (Å²) in [4.78, 5) is 13.3. The third-order valence-electron chi connectivity index (χ3n) is 3.56. The molecule has 0 bridgehead atoms. The van der Waals surface area contributed by atoms with E-state index >= 15 is 0 Å². The van der Waals surface area contributed by atoms with Crippen LogP contribution in [0.3, 0.4) is 0 Å². The number of aryl methyl sites for hydroxylation is 2.